The van der Waals surface area contributed by atoms with Gasteiger partial charge >= 0.3 is 80.0 Å². The number of hydrogen-bond donors (Lipinski definition) is 7. The van der Waals surface area contributed by atoms with E-state index in [1.165, 1.54) is 36.7 Å². The molecule has 14 rings (SSSR count). The summed E-state index contributed by atoms with van der Waals surface area (Å²) in [6.07, 6.45) is -1.46. The van der Waals surface area contributed by atoms with E-state index < -0.39 is 136 Å². The van der Waals surface area contributed by atoms with Crippen LogP contribution in [0.25, 0.3) is 34.1 Å². The Balaban J connectivity index is 0.000000528. The molecule has 12 heterocycles. The number of anilines is 5. The zero-order chi connectivity index (χ0) is 103. The molecule has 736 valence electrons. The number of aromatic amines is 1. The van der Waals surface area contributed by atoms with E-state index in [0.717, 1.165) is 124 Å². The molecular formula is C84H81F21KN21O9S2. The second-order valence-corrected chi connectivity index (χ2v) is 32.4. The summed E-state index contributed by atoms with van der Waals surface area (Å²) in [7, 11) is -8.13. The summed E-state index contributed by atoms with van der Waals surface area (Å²) in [4.78, 5) is 67.8. The number of aryl methyl sites for hydroxylation is 6. The summed E-state index contributed by atoms with van der Waals surface area (Å²) >= 11 is 0. The first kappa shape index (κ1) is 119. The van der Waals surface area contributed by atoms with Crippen molar-refractivity contribution < 1.29 is 190 Å². The zero-order valence-electron chi connectivity index (χ0n) is 75.1. The van der Waals surface area contributed by atoms with Gasteiger partial charge in [0.15, 0.2) is 87.4 Å². The topological polar surface area (TPSA) is 480 Å². The number of nitrogens with two attached hydrogens (primary N) is 4. The van der Waals surface area contributed by atoms with Crippen LogP contribution in [0.3, 0.4) is 0 Å². The standard InChI is InChI=1S/2C12H5F5N4.C10H12F2N2O.C10H13FN2O.C9H13NO3S.C9H12O3S.C7H4F3NO.2C5H4F2N2.C5H5FN2.K.H3N.H/c2*13-8-3-10-19-11(20-21(10)5-9(8)14)6-4-18-2-1-7(6)12(15,16)17;1-10(2,3)9(15)14-8-4-6(11)7(12)5-13-8;1-10(2,3)9(14)13-8-6-7(11)4-5-12-8;1-6-4-7(2)9(8(3)5-6)14(11,12)13-10;1-6-4-7(2)9(8(3)5-6)13(10,11)12;8-7(9,10)6-1-2-11-3-5(6)4-12;2*6-3-1-5(8)9-2-4(3)7;6-4-1-2-8-5(7)3-4;;;/h2*1-5H;4-5H,1-3H3,(H,13,14,15);4-6H,1-3H3,(H,12,13,14);4-5H,10H2,1-3H3;4-5H,1-3H3,(H,10,11,12);1-4H;2*1-2H,(H2,8,9);1-3H,(H2,7,8);;1H3;/q;;;;;;;;;;+1;;-1. The Labute approximate surface area is 815 Å². The number of pyridine rings is 10. The van der Waals surface area contributed by atoms with E-state index in [-0.39, 0.29) is 156 Å². The average Bonchev–Trinajstić information content (AvgIpc) is 1.55. The molecule has 30 nitrogen and oxygen atoms in total. The number of fused-ring (bicyclic) bond motifs is 2. The fourth-order valence-corrected chi connectivity index (χ4v) is 12.3. The molecule has 138 heavy (non-hydrogen) atoms. The number of nitrogen functional groups attached to an aromatic ring is 3. The van der Waals surface area contributed by atoms with Crippen molar-refractivity contribution in [1.29, 1.82) is 0 Å². The third-order valence-corrected chi connectivity index (χ3v) is 19.0. The van der Waals surface area contributed by atoms with Gasteiger partial charge in [-0.1, -0.05) is 76.9 Å². The van der Waals surface area contributed by atoms with Crippen molar-refractivity contribution in [2.75, 3.05) is 27.8 Å². The van der Waals surface area contributed by atoms with Crippen LogP contribution < -0.4 is 96.3 Å². The van der Waals surface area contributed by atoms with Gasteiger partial charge in [0.05, 0.1) is 63.6 Å². The zero-order valence-corrected chi connectivity index (χ0v) is 78.8. The molecule has 0 unspecified atom stereocenters. The molecule has 2 amide bonds. The van der Waals surface area contributed by atoms with Crippen molar-refractivity contribution in [3.8, 4) is 22.8 Å². The van der Waals surface area contributed by atoms with E-state index >= 15 is 0 Å². The number of alkyl halides is 9. The summed E-state index contributed by atoms with van der Waals surface area (Å²) in [5, 5.41) is 12.4. The van der Waals surface area contributed by atoms with Crippen molar-refractivity contribution in [1.82, 2.24) is 70.2 Å². The Morgan fingerprint density at radius 1 is 0.449 bits per heavy atom. The molecule has 0 bridgehead atoms. The van der Waals surface area contributed by atoms with Crippen LogP contribution in [0.2, 0.25) is 0 Å². The Hall–Kier alpha value is -13.2. The first-order valence-corrected chi connectivity index (χ1v) is 40.5. The first-order chi connectivity index (χ1) is 62.9. The van der Waals surface area contributed by atoms with E-state index in [2.05, 4.69) is 75.0 Å². The van der Waals surface area contributed by atoms with Crippen LogP contribution in [0.4, 0.5) is 121 Å². The van der Waals surface area contributed by atoms with Crippen LogP contribution in [-0.2, 0) is 52.6 Å². The van der Waals surface area contributed by atoms with Crippen molar-refractivity contribution in [2.24, 2.45) is 16.7 Å². The maximum absolute atomic E-state index is 13.1. The SMILES string of the molecule is CC(C)(C)C(=O)Nc1cc(F)c(F)cn1.CC(C)(C)C(=O)Nc1cc(F)ccn1.Cc1cc(C)c(S(=O)(=O)ON)c(C)c1.Cc1cc(C)c(S(=O)(=O)[O-])c(C)c1.Fc1cc2nc(-c3cnccc3C(F)(F)F)nn2cc1F.Fc1cc2nc(-c3cnccc3C(F)(F)F)nn2cc1F.N.Nc1cc(F)c(F)c[nH+]1.Nc1cc(F)c(F)cn1.Nc1cc(F)ccn1.O=Cc1cnccc1C(F)(F)F.[H-].[K+]. The molecule has 12 aromatic heterocycles. The molecule has 0 aliphatic heterocycles. The molecule has 14 N–H and O–H groups in total. The number of amides is 2. The number of carbonyl (C=O) groups is 3. The molecule has 0 radical (unpaired) electrons. The average molecular weight is 2030 g/mol. The minimum absolute atomic E-state index is 0. The van der Waals surface area contributed by atoms with Crippen LogP contribution in [0, 0.1) is 122 Å². The largest absolute Gasteiger partial charge is 1.00 e. The Morgan fingerprint density at radius 3 is 1.16 bits per heavy atom. The van der Waals surface area contributed by atoms with Crippen LogP contribution in [0.1, 0.15) is 103 Å². The number of carbonyl (C=O) groups excluding carboxylic acids is 3. The number of rotatable bonds is 8. The van der Waals surface area contributed by atoms with Gasteiger partial charge in [0.25, 0.3) is 5.82 Å². The molecule has 2 aromatic carbocycles. The maximum Gasteiger partial charge on any atom is 1.00 e. The third kappa shape index (κ3) is 37.0. The summed E-state index contributed by atoms with van der Waals surface area (Å²) < 4.78 is 325. The van der Waals surface area contributed by atoms with Crippen LogP contribution in [0.5, 0.6) is 0 Å². The first-order valence-electron chi connectivity index (χ1n) is 37.7. The summed E-state index contributed by atoms with van der Waals surface area (Å²) in [5.74, 6) is -7.19. The molecule has 0 aliphatic rings. The number of halogens is 21. The van der Waals surface area contributed by atoms with Crippen molar-refractivity contribution >= 4 is 78.7 Å². The van der Waals surface area contributed by atoms with Gasteiger partial charge in [0.2, 0.25) is 11.8 Å². The Bertz CT molecular complexity index is 6480. The van der Waals surface area contributed by atoms with E-state index in [4.69, 9.17) is 23.1 Å². The van der Waals surface area contributed by atoms with Crippen LogP contribution >= 0.6 is 0 Å². The van der Waals surface area contributed by atoms with Crippen molar-refractivity contribution in [2.45, 2.75) is 111 Å². The van der Waals surface area contributed by atoms with Gasteiger partial charge in [-0.05, 0) is 94.1 Å². The number of hydrogen-bond acceptors (Lipinski definition) is 25. The van der Waals surface area contributed by atoms with Gasteiger partial charge in [-0.3, -0.25) is 35.1 Å². The Kier molecular flexibility index (Phi) is 44.2. The predicted octanol–water partition coefficient (Wildman–Crippen LogP) is 14.7. The number of nitrogens with zero attached hydrogens (tertiary/aromatic N) is 13. The minimum atomic E-state index is -4.62. The second kappa shape index (κ2) is 51.3. The molecule has 54 heteroatoms. The van der Waals surface area contributed by atoms with Gasteiger partial charge < -0.3 is 34.2 Å². The molecule has 0 fully saturated rings. The molecule has 0 atom stereocenters. The second-order valence-electron chi connectivity index (χ2n) is 29.5. The van der Waals surface area contributed by atoms with Gasteiger partial charge in [-0.25, -0.2) is 101 Å². The molecular weight excluding hydrogens is 1950 g/mol. The number of H-pyrrole nitrogens is 1. The van der Waals surface area contributed by atoms with E-state index in [0.29, 0.717) is 34.6 Å². The molecule has 0 saturated heterocycles. The van der Waals surface area contributed by atoms with E-state index in [9.17, 15) is 128 Å². The van der Waals surface area contributed by atoms with E-state index in [1.807, 2.05) is 13.8 Å². The van der Waals surface area contributed by atoms with E-state index in [1.54, 1.807) is 93.5 Å². The minimum Gasteiger partial charge on any atom is -1.00 e. The fourth-order valence-electron chi connectivity index (χ4n) is 10.4. The normalized spacial score (nSPS) is 11.1. The number of nitrogens with one attached hydrogen (secondary N) is 3. The molecule has 0 aliphatic carbocycles. The third-order valence-electron chi connectivity index (χ3n) is 16.4. The number of aromatic nitrogens is 14. The van der Waals surface area contributed by atoms with Crippen LogP contribution in [-0.4, -0.2) is 104 Å². The number of benzene rings is 2. The van der Waals surface area contributed by atoms with Gasteiger partial charge in [0, 0.05) is 102 Å². The van der Waals surface area contributed by atoms with Gasteiger partial charge in [0.1, 0.15) is 56.1 Å². The summed E-state index contributed by atoms with van der Waals surface area (Å²) in [6.45, 7) is 20.9. The summed E-state index contributed by atoms with van der Waals surface area (Å²) in [6, 6.07) is 18.1. The quantitative estimate of drug-likeness (QED) is 0.0244. The predicted molar refractivity (Wildman–Crippen MR) is 454 cm³/mol. The molecule has 14 aromatic rings. The van der Waals surface area contributed by atoms with Crippen LogP contribution in [0.15, 0.2) is 187 Å². The number of aldehydes is 1. The smallest absolute Gasteiger partial charge is 1.00 e. The monoisotopic (exact) mass is 2030 g/mol. The molecule has 0 spiro atoms. The van der Waals surface area contributed by atoms with Gasteiger partial charge in [-0.15, -0.1) is 10.2 Å². The Morgan fingerprint density at radius 2 is 0.819 bits per heavy atom. The van der Waals surface area contributed by atoms with Crippen molar-refractivity contribution in [3.05, 3.63) is 303 Å². The summed E-state index contributed by atoms with van der Waals surface area (Å²) in [5.41, 5.74) is 14.1. The van der Waals surface area contributed by atoms with Crippen molar-refractivity contribution in [3.63, 3.8) is 0 Å². The van der Waals surface area contributed by atoms with Gasteiger partial charge in [-0.2, -0.15) is 62.5 Å². The maximum atomic E-state index is 13.1. The fraction of sp³-hybridized carbons (Fsp3) is 0.202. The molecule has 0 saturated carbocycles.